The van der Waals surface area contributed by atoms with Crippen LogP contribution in [0.5, 0.6) is 0 Å². The lowest BCUT2D eigenvalue weighted by molar-refractivity contribution is -0.120. The van der Waals surface area contributed by atoms with Gasteiger partial charge in [0.05, 0.1) is 0 Å². The van der Waals surface area contributed by atoms with Gasteiger partial charge in [0.25, 0.3) is 0 Å². The molecule has 0 bridgehead atoms. The largest absolute Gasteiger partial charge is 0.370 e. The fourth-order valence-corrected chi connectivity index (χ4v) is 1.65. The fraction of sp³-hybridized carbons (Fsp3) is 0.667. The molecule has 5 heteroatoms. The van der Waals surface area contributed by atoms with Crippen LogP contribution in [0.1, 0.15) is 19.3 Å². The number of hydrogen-bond acceptors (Lipinski definition) is 3. The van der Waals surface area contributed by atoms with E-state index in [2.05, 4.69) is 5.32 Å². The fourth-order valence-electron chi connectivity index (χ4n) is 1.65. The van der Waals surface area contributed by atoms with Crippen LogP contribution >= 0.6 is 0 Å². The predicted octanol–water partition coefficient (Wildman–Crippen LogP) is -0.126. The van der Waals surface area contributed by atoms with Crippen molar-refractivity contribution in [2.24, 2.45) is 11.7 Å². The van der Waals surface area contributed by atoms with Gasteiger partial charge in [-0.15, -0.1) is 0 Å². The molecular weight excluding hydrogens is 218 g/mol. The van der Waals surface area contributed by atoms with Gasteiger partial charge < -0.3 is 16.0 Å². The van der Waals surface area contributed by atoms with Crippen LogP contribution in [0.3, 0.4) is 0 Å². The molecule has 1 rings (SSSR count). The average molecular weight is 239 g/mol. The highest BCUT2D eigenvalue weighted by atomic mass is 16.2. The number of carbonyl (C=O) groups excluding carboxylic acids is 2. The van der Waals surface area contributed by atoms with Gasteiger partial charge >= 0.3 is 0 Å². The minimum absolute atomic E-state index is 0.0935. The summed E-state index contributed by atoms with van der Waals surface area (Å²) >= 11 is 0. The lowest BCUT2D eigenvalue weighted by Gasteiger charge is -2.15. The molecule has 0 aromatic carbocycles. The van der Waals surface area contributed by atoms with Crippen molar-refractivity contribution in [3.63, 3.8) is 0 Å². The van der Waals surface area contributed by atoms with Crippen LogP contribution in [-0.4, -0.2) is 43.4 Å². The van der Waals surface area contributed by atoms with E-state index in [9.17, 15) is 9.59 Å². The first-order valence-electron chi connectivity index (χ1n) is 5.89. The second-order valence-electron chi connectivity index (χ2n) is 4.79. The van der Waals surface area contributed by atoms with E-state index in [1.165, 1.54) is 6.08 Å². The maximum atomic E-state index is 11.6. The van der Waals surface area contributed by atoms with Gasteiger partial charge in [-0.3, -0.25) is 9.59 Å². The lowest BCUT2D eigenvalue weighted by Crippen LogP contribution is -2.38. The molecule has 0 heterocycles. The molecule has 96 valence electrons. The normalized spacial score (nSPS) is 17.4. The number of rotatable bonds is 7. The Morgan fingerprint density at radius 3 is 2.59 bits per heavy atom. The highest BCUT2D eigenvalue weighted by molar-refractivity contribution is 5.88. The van der Waals surface area contributed by atoms with E-state index >= 15 is 0 Å². The molecule has 0 aromatic heterocycles. The van der Waals surface area contributed by atoms with E-state index in [-0.39, 0.29) is 24.3 Å². The van der Waals surface area contributed by atoms with Crippen LogP contribution in [-0.2, 0) is 9.59 Å². The van der Waals surface area contributed by atoms with Crippen molar-refractivity contribution < 1.29 is 9.59 Å². The first kappa shape index (κ1) is 13.7. The Kier molecular flexibility index (Phi) is 5.15. The minimum atomic E-state index is -0.362. The van der Waals surface area contributed by atoms with Gasteiger partial charge in [0.15, 0.2) is 0 Å². The van der Waals surface area contributed by atoms with Crippen LogP contribution in [0, 0.1) is 5.92 Å². The summed E-state index contributed by atoms with van der Waals surface area (Å²) in [5.41, 5.74) is 5.16. The Morgan fingerprint density at radius 1 is 1.47 bits per heavy atom. The SMILES string of the molecule is CN(C)C/C=C/C(=O)NC(CC(N)=O)C1CC1. The molecular formula is C12H21N3O2. The van der Waals surface area contributed by atoms with Gasteiger partial charge in [0.1, 0.15) is 0 Å². The number of carbonyl (C=O) groups is 2. The molecule has 1 unspecified atom stereocenters. The second kappa shape index (κ2) is 6.39. The van der Waals surface area contributed by atoms with Crippen molar-refractivity contribution in [2.75, 3.05) is 20.6 Å². The molecule has 0 spiro atoms. The van der Waals surface area contributed by atoms with Crippen LogP contribution < -0.4 is 11.1 Å². The van der Waals surface area contributed by atoms with E-state index in [1.54, 1.807) is 6.08 Å². The van der Waals surface area contributed by atoms with Gasteiger partial charge in [0.2, 0.25) is 11.8 Å². The van der Waals surface area contributed by atoms with Crippen LogP contribution in [0.15, 0.2) is 12.2 Å². The molecule has 1 aliphatic carbocycles. The van der Waals surface area contributed by atoms with E-state index in [1.807, 2.05) is 19.0 Å². The summed E-state index contributed by atoms with van der Waals surface area (Å²) < 4.78 is 0. The Morgan fingerprint density at radius 2 is 2.12 bits per heavy atom. The highest BCUT2D eigenvalue weighted by Crippen LogP contribution is 2.33. The van der Waals surface area contributed by atoms with Gasteiger partial charge in [-0.25, -0.2) is 0 Å². The minimum Gasteiger partial charge on any atom is -0.370 e. The summed E-state index contributed by atoms with van der Waals surface area (Å²) in [6.45, 7) is 0.720. The molecule has 0 saturated heterocycles. The molecule has 2 amide bonds. The summed E-state index contributed by atoms with van der Waals surface area (Å²) in [7, 11) is 3.87. The zero-order valence-corrected chi connectivity index (χ0v) is 10.5. The molecule has 17 heavy (non-hydrogen) atoms. The van der Waals surface area contributed by atoms with Crippen molar-refractivity contribution >= 4 is 11.8 Å². The lowest BCUT2D eigenvalue weighted by atomic mass is 10.1. The molecule has 1 aliphatic rings. The van der Waals surface area contributed by atoms with Crippen molar-refractivity contribution in [2.45, 2.75) is 25.3 Å². The molecule has 0 aliphatic heterocycles. The summed E-state index contributed by atoms with van der Waals surface area (Å²) in [6.07, 6.45) is 5.68. The summed E-state index contributed by atoms with van der Waals surface area (Å²) in [5, 5.41) is 2.84. The average Bonchev–Trinajstić information content (AvgIpc) is 2.98. The number of nitrogens with one attached hydrogen (secondary N) is 1. The first-order valence-corrected chi connectivity index (χ1v) is 5.89. The molecule has 1 fully saturated rings. The second-order valence-corrected chi connectivity index (χ2v) is 4.79. The summed E-state index contributed by atoms with van der Waals surface area (Å²) in [4.78, 5) is 24.4. The Labute approximate surface area is 102 Å². The smallest absolute Gasteiger partial charge is 0.243 e. The predicted molar refractivity (Wildman–Crippen MR) is 66.2 cm³/mol. The maximum absolute atomic E-state index is 11.6. The third-order valence-corrected chi connectivity index (χ3v) is 2.68. The number of hydrogen-bond donors (Lipinski definition) is 2. The molecule has 0 radical (unpaired) electrons. The van der Waals surface area contributed by atoms with Crippen molar-refractivity contribution in [3.8, 4) is 0 Å². The summed E-state index contributed by atoms with van der Waals surface area (Å²) in [5.74, 6) is -0.0850. The highest BCUT2D eigenvalue weighted by Gasteiger charge is 2.32. The Balaban J connectivity index is 2.36. The number of nitrogens with two attached hydrogens (primary N) is 1. The van der Waals surface area contributed by atoms with E-state index < -0.39 is 0 Å². The molecule has 3 N–H and O–H groups in total. The monoisotopic (exact) mass is 239 g/mol. The molecule has 5 nitrogen and oxygen atoms in total. The van der Waals surface area contributed by atoms with Crippen LogP contribution in [0.2, 0.25) is 0 Å². The van der Waals surface area contributed by atoms with E-state index in [0.717, 1.165) is 19.4 Å². The zero-order chi connectivity index (χ0) is 12.8. The van der Waals surface area contributed by atoms with Crippen LogP contribution in [0.25, 0.3) is 0 Å². The Hall–Kier alpha value is -1.36. The number of primary amides is 1. The third kappa shape index (κ3) is 6.06. The topological polar surface area (TPSA) is 75.4 Å². The maximum Gasteiger partial charge on any atom is 0.243 e. The zero-order valence-electron chi connectivity index (χ0n) is 10.5. The van der Waals surface area contributed by atoms with Gasteiger partial charge in [-0.05, 0) is 32.9 Å². The van der Waals surface area contributed by atoms with Crippen molar-refractivity contribution in [1.29, 1.82) is 0 Å². The van der Waals surface area contributed by atoms with E-state index in [0.29, 0.717) is 5.92 Å². The number of amides is 2. The first-order chi connectivity index (χ1) is 7.99. The molecule has 1 saturated carbocycles. The van der Waals surface area contributed by atoms with Gasteiger partial charge in [-0.1, -0.05) is 6.08 Å². The van der Waals surface area contributed by atoms with E-state index in [4.69, 9.17) is 5.73 Å². The van der Waals surface area contributed by atoms with Crippen molar-refractivity contribution in [1.82, 2.24) is 10.2 Å². The van der Waals surface area contributed by atoms with Crippen LogP contribution in [0.4, 0.5) is 0 Å². The Bertz CT molecular complexity index is 309. The third-order valence-electron chi connectivity index (χ3n) is 2.68. The summed E-state index contributed by atoms with van der Waals surface area (Å²) in [6, 6.07) is -0.0935. The van der Waals surface area contributed by atoms with Gasteiger partial charge in [-0.2, -0.15) is 0 Å². The van der Waals surface area contributed by atoms with Gasteiger partial charge in [0, 0.05) is 25.1 Å². The standard InChI is InChI=1S/C12H21N3O2/c1-15(2)7-3-4-12(17)14-10(8-11(13)16)9-5-6-9/h3-4,9-10H,5-8H2,1-2H3,(H2,13,16)(H,14,17)/b4-3+. The molecule has 1 atom stereocenters. The quantitative estimate of drug-likeness (QED) is 0.608. The number of likely N-dealkylation sites (N-methyl/N-ethyl adjacent to an activating group) is 1. The van der Waals surface area contributed by atoms with Crippen molar-refractivity contribution in [3.05, 3.63) is 12.2 Å². The number of nitrogens with zero attached hydrogens (tertiary/aromatic N) is 1. The molecule has 0 aromatic rings.